The number of nitrogens with zero attached hydrogens (tertiary/aromatic N) is 1. The number of anilines is 1. The highest BCUT2D eigenvalue weighted by Crippen LogP contribution is 2.27. The SMILES string of the molecule is C[C@H]1CCCC[C@@H]1NC(=O)CN1CCCc2ccccc21. The van der Waals surface area contributed by atoms with Crippen molar-refractivity contribution in [3.63, 3.8) is 0 Å². The van der Waals surface area contributed by atoms with E-state index in [1.165, 1.54) is 30.5 Å². The third kappa shape index (κ3) is 3.39. The fraction of sp³-hybridized carbons (Fsp3) is 0.611. The van der Waals surface area contributed by atoms with Gasteiger partial charge in [-0.1, -0.05) is 38.0 Å². The van der Waals surface area contributed by atoms with Gasteiger partial charge in [-0.05, 0) is 43.2 Å². The number of hydrogen-bond donors (Lipinski definition) is 1. The summed E-state index contributed by atoms with van der Waals surface area (Å²) < 4.78 is 0. The van der Waals surface area contributed by atoms with Gasteiger partial charge in [0.1, 0.15) is 0 Å². The molecule has 1 aliphatic heterocycles. The Labute approximate surface area is 127 Å². The van der Waals surface area contributed by atoms with E-state index in [2.05, 4.69) is 41.4 Å². The van der Waals surface area contributed by atoms with Gasteiger partial charge >= 0.3 is 0 Å². The molecule has 0 aromatic heterocycles. The molecule has 1 N–H and O–H groups in total. The lowest BCUT2D eigenvalue weighted by Crippen LogP contribution is -2.46. The molecule has 1 fully saturated rings. The van der Waals surface area contributed by atoms with Crippen LogP contribution in [0.15, 0.2) is 24.3 Å². The van der Waals surface area contributed by atoms with Crippen LogP contribution >= 0.6 is 0 Å². The molecule has 0 bridgehead atoms. The summed E-state index contributed by atoms with van der Waals surface area (Å²) in [6.07, 6.45) is 7.23. The normalized spacial score (nSPS) is 25.3. The Morgan fingerprint density at radius 2 is 2.05 bits per heavy atom. The van der Waals surface area contributed by atoms with Gasteiger partial charge in [-0.3, -0.25) is 4.79 Å². The van der Waals surface area contributed by atoms with E-state index < -0.39 is 0 Å². The highest BCUT2D eigenvalue weighted by atomic mass is 16.2. The van der Waals surface area contributed by atoms with E-state index in [1.807, 2.05) is 0 Å². The minimum Gasteiger partial charge on any atom is -0.362 e. The van der Waals surface area contributed by atoms with Crippen LogP contribution in [0.1, 0.15) is 44.6 Å². The average molecular weight is 286 g/mol. The number of carbonyl (C=O) groups is 1. The predicted octanol–water partition coefficient (Wildman–Crippen LogP) is 3.13. The van der Waals surface area contributed by atoms with Crippen molar-refractivity contribution in [2.75, 3.05) is 18.0 Å². The maximum atomic E-state index is 12.4. The van der Waals surface area contributed by atoms with Gasteiger partial charge in [-0.25, -0.2) is 0 Å². The van der Waals surface area contributed by atoms with E-state index in [4.69, 9.17) is 0 Å². The molecule has 0 radical (unpaired) electrons. The molecule has 0 unspecified atom stereocenters. The molecule has 1 aliphatic carbocycles. The van der Waals surface area contributed by atoms with E-state index in [0.29, 0.717) is 18.5 Å². The lowest BCUT2D eigenvalue weighted by Gasteiger charge is -2.33. The van der Waals surface area contributed by atoms with Crippen molar-refractivity contribution in [2.45, 2.75) is 51.5 Å². The number of fused-ring (bicyclic) bond motifs is 1. The number of amides is 1. The van der Waals surface area contributed by atoms with Crippen molar-refractivity contribution < 1.29 is 4.79 Å². The van der Waals surface area contributed by atoms with Crippen LogP contribution in [-0.2, 0) is 11.2 Å². The molecule has 3 heteroatoms. The number of rotatable bonds is 3. The Balaban J connectivity index is 1.60. The van der Waals surface area contributed by atoms with Crippen molar-refractivity contribution in [3.8, 4) is 0 Å². The molecule has 114 valence electrons. The molecule has 21 heavy (non-hydrogen) atoms. The Morgan fingerprint density at radius 3 is 2.90 bits per heavy atom. The van der Waals surface area contributed by atoms with Crippen LogP contribution in [0.25, 0.3) is 0 Å². The molecular formula is C18H26N2O. The summed E-state index contributed by atoms with van der Waals surface area (Å²) in [4.78, 5) is 14.6. The number of aryl methyl sites for hydroxylation is 1. The second kappa shape index (κ2) is 6.50. The van der Waals surface area contributed by atoms with E-state index in [-0.39, 0.29) is 5.91 Å². The first kappa shape index (κ1) is 14.4. The van der Waals surface area contributed by atoms with E-state index >= 15 is 0 Å². The molecule has 1 heterocycles. The van der Waals surface area contributed by atoms with E-state index in [9.17, 15) is 4.79 Å². The molecule has 2 aliphatic rings. The van der Waals surface area contributed by atoms with Crippen LogP contribution < -0.4 is 10.2 Å². The third-order valence-corrected chi connectivity index (χ3v) is 5.00. The Morgan fingerprint density at radius 1 is 1.24 bits per heavy atom. The predicted molar refractivity (Wildman–Crippen MR) is 86.5 cm³/mol. The fourth-order valence-corrected chi connectivity index (χ4v) is 3.73. The first-order chi connectivity index (χ1) is 10.2. The second-order valence-corrected chi connectivity index (χ2v) is 6.59. The van der Waals surface area contributed by atoms with E-state index in [1.54, 1.807) is 0 Å². The van der Waals surface area contributed by atoms with Crippen molar-refractivity contribution in [3.05, 3.63) is 29.8 Å². The van der Waals surface area contributed by atoms with Gasteiger partial charge in [0.05, 0.1) is 6.54 Å². The molecule has 0 spiro atoms. The van der Waals surface area contributed by atoms with Crippen LogP contribution in [0, 0.1) is 5.92 Å². The largest absolute Gasteiger partial charge is 0.362 e. The molecule has 3 rings (SSSR count). The maximum Gasteiger partial charge on any atom is 0.239 e. The van der Waals surface area contributed by atoms with Gasteiger partial charge in [0, 0.05) is 18.3 Å². The highest BCUT2D eigenvalue weighted by Gasteiger charge is 2.24. The zero-order valence-corrected chi connectivity index (χ0v) is 13.0. The monoisotopic (exact) mass is 286 g/mol. The quantitative estimate of drug-likeness (QED) is 0.926. The van der Waals surface area contributed by atoms with Crippen molar-refractivity contribution in [1.29, 1.82) is 0 Å². The Bertz CT molecular complexity index is 500. The number of benzene rings is 1. The molecule has 2 atom stereocenters. The van der Waals surface area contributed by atoms with Crippen LogP contribution in [-0.4, -0.2) is 25.0 Å². The summed E-state index contributed by atoms with van der Waals surface area (Å²) in [5.74, 6) is 0.807. The fourth-order valence-electron chi connectivity index (χ4n) is 3.73. The van der Waals surface area contributed by atoms with E-state index in [0.717, 1.165) is 25.8 Å². The summed E-state index contributed by atoms with van der Waals surface area (Å²) in [5.41, 5.74) is 2.62. The number of nitrogens with one attached hydrogen (secondary N) is 1. The molecule has 1 amide bonds. The molecule has 3 nitrogen and oxygen atoms in total. The minimum absolute atomic E-state index is 0.186. The zero-order chi connectivity index (χ0) is 14.7. The van der Waals surface area contributed by atoms with Crippen molar-refractivity contribution in [1.82, 2.24) is 5.32 Å². The standard InChI is InChI=1S/C18H26N2O/c1-14-7-2-4-10-16(14)19-18(21)13-20-12-6-9-15-8-3-5-11-17(15)20/h3,5,8,11,14,16H,2,4,6-7,9-10,12-13H2,1H3,(H,19,21)/t14-,16-/m0/s1. The molecule has 1 saturated carbocycles. The van der Waals surface area contributed by atoms with Gasteiger partial charge in [0.2, 0.25) is 5.91 Å². The summed E-state index contributed by atoms with van der Waals surface area (Å²) in [5, 5.41) is 3.27. The number of para-hydroxylation sites is 1. The average Bonchev–Trinajstić information content (AvgIpc) is 2.50. The number of carbonyl (C=O) groups excluding carboxylic acids is 1. The topological polar surface area (TPSA) is 32.3 Å². The summed E-state index contributed by atoms with van der Waals surface area (Å²) >= 11 is 0. The van der Waals surface area contributed by atoms with Crippen LogP contribution in [0.3, 0.4) is 0 Å². The van der Waals surface area contributed by atoms with Crippen LogP contribution in [0.4, 0.5) is 5.69 Å². The van der Waals surface area contributed by atoms with Crippen molar-refractivity contribution in [2.24, 2.45) is 5.92 Å². The van der Waals surface area contributed by atoms with Gasteiger partial charge in [-0.2, -0.15) is 0 Å². The lowest BCUT2D eigenvalue weighted by atomic mass is 9.86. The first-order valence-electron chi connectivity index (χ1n) is 8.36. The second-order valence-electron chi connectivity index (χ2n) is 6.59. The zero-order valence-electron chi connectivity index (χ0n) is 13.0. The highest BCUT2D eigenvalue weighted by molar-refractivity contribution is 5.82. The molecular weight excluding hydrogens is 260 g/mol. The molecule has 0 saturated heterocycles. The third-order valence-electron chi connectivity index (χ3n) is 5.00. The Kier molecular flexibility index (Phi) is 4.47. The molecule has 1 aromatic carbocycles. The minimum atomic E-state index is 0.186. The lowest BCUT2D eigenvalue weighted by molar-refractivity contribution is -0.121. The summed E-state index contributed by atoms with van der Waals surface area (Å²) in [7, 11) is 0. The molecule has 1 aromatic rings. The first-order valence-corrected chi connectivity index (χ1v) is 8.36. The maximum absolute atomic E-state index is 12.4. The van der Waals surface area contributed by atoms with Gasteiger partial charge < -0.3 is 10.2 Å². The van der Waals surface area contributed by atoms with Gasteiger partial charge in [-0.15, -0.1) is 0 Å². The van der Waals surface area contributed by atoms with Gasteiger partial charge in [0.15, 0.2) is 0 Å². The van der Waals surface area contributed by atoms with Crippen LogP contribution in [0.2, 0.25) is 0 Å². The van der Waals surface area contributed by atoms with Crippen molar-refractivity contribution >= 4 is 11.6 Å². The number of hydrogen-bond acceptors (Lipinski definition) is 2. The smallest absolute Gasteiger partial charge is 0.239 e. The summed E-state index contributed by atoms with van der Waals surface area (Å²) in [6, 6.07) is 8.86. The summed E-state index contributed by atoms with van der Waals surface area (Å²) in [6.45, 7) is 3.76. The van der Waals surface area contributed by atoms with Crippen LogP contribution in [0.5, 0.6) is 0 Å². The Hall–Kier alpha value is -1.51. The van der Waals surface area contributed by atoms with Gasteiger partial charge in [0.25, 0.3) is 0 Å².